The Morgan fingerprint density at radius 2 is 1.70 bits per heavy atom. The highest BCUT2D eigenvalue weighted by molar-refractivity contribution is 9.08. The molecule has 128 valence electrons. The van der Waals surface area contributed by atoms with Gasteiger partial charge in [0.25, 0.3) is 10.1 Å². The molecule has 1 unspecified atom stereocenters. The number of rotatable bonds is 6. The Morgan fingerprint density at radius 1 is 1.13 bits per heavy atom. The van der Waals surface area contributed by atoms with E-state index in [2.05, 4.69) is 27.8 Å². The number of hydrogen-bond acceptors (Lipinski definition) is 4. The molecule has 0 aliphatic carbocycles. The minimum absolute atomic E-state index is 0.0996. The second kappa shape index (κ2) is 7.80. The number of halogens is 1. The van der Waals surface area contributed by atoms with Crippen LogP contribution in [0.4, 0.5) is 0 Å². The standard InChI is InChI=1S/C17H23BrO4S/c1-16(2,3)9-10-17(4,19)11-12-22-23(20,21)15-7-5-14(13-18)6-8-15/h5-8,19H,11-13H2,1-4H3. The van der Waals surface area contributed by atoms with Crippen molar-refractivity contribution in [2.45, 2.75) is 49.9 Å². The topological polar surface area (TPSA) is 63.6 Å². The largest absolute Gasteiger partial charge is 0.378 e. The van der Waals surface area contributed by atoms with Crippen LogP contribution in [0.2, 0.25) is 0 Å². The van der Waals surface area contributed by atoms with Crippen LogP contribution in [-0.2, 0) is 19.6 Å². The maximum atomic E-state index is 12.1. The molecule has 1 aromatic carbocycles. The molecule has 0 aromatic heterocycles. The molecule has 0 aliphatic heterocycles. The Labute approximate surface area is 147 Å². The van der Waals surface area contributed by atoms with Crippen LogP contribution in [0.5, 0.6) is 0 Å². The number of benzene rings is 1. The van der Waals surface area contributed by atoms with Crippen LogP contribution < -0.4 is 0 Å². The van der Waals surface area contributed by atoms with Gasteiger partial charge in [0.2, 0.25) is 0 Å². The van der Waals surface area contributed by atoms with Crippen LogP contribution in [0.3, 0.4) is 0 Å². The molecular weight excluding hydrogens is 380 g/mol. The fraction of sp³-hybridized carbons (Fsp3) is 0.529. The molecule has 4 nitrogen and oxygen atoms in total. The zero-order valence-electron chi connectivity index (χ0n) is 13.9. The molecule has 0 spiro atoms. The van der Waals surface area contributed by atoms with Gasteiger partial charge in [0, 0.05) is 17.2 Å². The lowest BCUT2D eigenvalue weighted by Crippen LogP contribution is -2.25. The molecule has 1 N–H and O–H groups in total. The SMILES string of the molecule is CC(C)(C)C#CC(C)(O)CCOS(=O)(=O)c1ccc(CBr)cc1. The first-order valence-corrected chi connectivity index (χ1v) is 9.79. The van der Waals surface area contributed by atoms with Gasteiger partial charge in [-0.05, 0) is 45.4 Å². The highest BCUT2D eigenvalue weighted by Gasteiger charge is 2.21. The molecular formula is C17H23BrO4S. The van der Waals surface area contributed by atoms with E-state index in [0.29, 0.717) is 5.33 Å². The van der Waals surface area contributed by atoms with Gasteiger partial charge >= 0.3 is 0 Å². The third-order valence-electron chi connectivity index (χ3n) is 2.90. The van der Waals surface area contributed by atoms with Crippen LogP contribution in [0.25, 0.3) is 0 Å². The number of alkyl halides is 1. The summed E-state index contributed by atoms with van der Waals surface area (Å²) in [7, 11) is -3.83. The zero-order chi connectivity index (χ0) is 17.7. The highest BCUT2D eigenvalue weighted by atomic mass is 79.9. The maximum Gasteiger partial charge on any atom is 0.296 e. The van der Waals surface area contributed by atoms with E-state index in [1.807, 2.05) is 20.8 Å². The van der Waals surface area contributed by atoms with Crippen LogP contribution in [0.1, 0.15) is 39.7 Å². The summed E-state index contributed by atoms with van der Waals surface area (Å²) in [6.45, 7) is 7.23. The van der Waals surface area contributed by atoms with Crippen LogP contribution in [0, 0.1) is 17.3 Å². The zero-order valence-corrected chi connectivity index (χ0v) is 16.3. The van der Waals surface area contributed by atoms with Gasteiger partial charge in [0.15, 0.2) is 0 Å². The predicted molar refractivity (Wildman–Crippen MR) is 94.7 cm³/mol. The second-order valence-corrected chi connectivity index (χ2v) is 8.75. The third-order valence-corrected chi connectivity index (χ3v) is 4.87. The Kier molecular flexibility index (Phi) is 6.84. The average Bonchev–Trinajstić information content (AvgIpc) is 2.44. The lowest BCUT2D eigenvalue weighted by atomic mass is 9.95. The summed E-state index contributed by atoms with van der Waals surface area (Å²) >= 11 is 3.30. The smallest absolute Gasteiger partial charge is 0.296 e. The minimum atomic E-state index is -3.83. The van der Waals surface area contributed by atoms with Crippen molar-refractivity contribution in [1.82, 2.24) is 0 Å². The molecule has 0 saturated heterocycles. The summed E-state index contributed by atoms with van der Waals surface area (Å²) in [6.07, 6.45) is 0.106. The average molecular weight is 403 g/mol. The van der Waals surface area contributed by atoms with E-state index >= 15 is 0 Å². The Hall–Kier alpha value is -0.870. The van der Waals surface area contributed by atoms with Crippen LogP contribution in [0.15, 0.2) is 29.2 Å². The van der Waals surface area contributed by atoms with Gasteiger partial charge in [-0.25, -0.2) is 0 Å². The number of aliphatic hydroxyl groups is 1. The Balaban J connectivity index is 2.67. The van der Waals surface area contributed by atoms with Crippen molar-refractivity contribution in [1.29, 1.82) is 0 Å². The molecule has 0 amide bonds. The van der Waals surface area contributed by atoms with Crippen molar-refractivity contribution >= 4 is 26.0 Å². The molecule has 0 radical (unpaired) electrons. The summed E-state index contributed by atoms with van der Waals surface area (Å²) in [5.41, 5.74) is -0.541. The van der Waals surface area contributed by atoms with Gasteiger partial charge in [-0.3, -0.25) is 4.18 Å². The van der Waals surface area contributed by atoms with Crippen molar-refractivity contribution in [2.75, 3.05) is 6.61 Å². The van der Waals surface area contributed by atoms with Crippen molar-refractivity contribution < 1.29 is 17.7 Å². The summed E-state index contributed by atoms with van der Waals surface area (Å²) in [5, 5.41) is 10.8. The molecule has 0 bridgehead atoms. The number of hydrogen-bond donors (Lipinski definition) is 1. The molecule has 6 heteroatoms. The molecule has 0 aliphatic rings. The Bertz CT molecular complexity index is 674. The lowest BCUT2D eigenvalue weighted by molar-refractivity contribution is 0.0935. The van der Waals surface area contributed by atoms with E-state index in [4.69, 9.17) is 4.18 Å². The Morgan fingerprint density at radius 3 is 2.17 bits per heavy atom. The van der Waals surface area contributed by atoms with Crippen LogP contribution in [-0.4, -0.2) is 25.7 Å². The van der Waals surface area contributed by atoms with Gasteiger partial charge in [-0.2, -0.15) is 8.42 Å². The van der Waals surface area contributed by atoms with Crippen molar-refractivity contribution in [3.05, 3.63) is 29.8 Å². The van der Waals surface area contributed by atoms with Gasteiger partial charge < -0.3 is 5.11 Å². The van der Waals surface area contributed by atoms with Gasteiger partial charge in [0.05, 0.1) is 11.5 Å². The molecule has 1 rings (SSSR count). The first kappa shape index (κ1) is 20.2. The van der Waals surface area contributed by atoms with Crippen molar-refractivity contribution in [3.63, 3.8) is 0 Å². The molecule has 0 heterocycles. The molecule has 0 fully saturated rings. The van der Waals surface area contributed by atoms with E-state index < -0.39 is 15.7 Å². The summed E-state index contributed by atoms with van der Waals surface area (Å²) in [5.74, 6) is 5.71. The molecule has 0 saturated carbocycles. The normalized spacial score (nSPS) is 14.7. The third kappa shape index (κ3) is 7.49. The predicted octanol–water partition coefficient (Wildman–Crippen LogP) is 3.48. The van der Waals surface area contributed by atoms with Crippen molar-refractivity contribution in [2.24, 2.45) is 5.41 Å². The first-order valence-electron chi connectivity index (χ1n) is 7.26. The monoisotopic (exact) mass is 402 g/mol. The fourth-order valence-corrected chi connectivity index (χ4v) is 2.83. The maximum absolute atomic E-state index is 12.1. The van der Waals surface area contributed by atoms with E-state index in [1.165, 1.54) is 12.1 Å². The van der Waals surface area contributed by atoms with Crippen molar-refractivity contribution in [3.8, 4) is 11.8 Å². The molecule has 1 aromatic rings. The molecule has 1 atom stereocenters. The molecule has 23 heavy (non-hydrogen) atoms. The van der Waals surface area contributed by atoms with Gasteiger partial charge in [0.1, 0.15) is 5.60 Å². The summed E-state index contributed by atoms with van der Waals surface area (Å²) in [4.78, 5) is 0.0996. The first-order chi connectivity index (χ1) is 10.5. The van der Waals surface area contributed by atoms with E-state index in [1.54, 1.807) is 19.1 Å². The summed E-state index contributed by atoms with van der Waals surface area (Å²) in [6, 6.07) is 6.44. The minimum Gasteiger partial charge on any atom is -0.378 e. The van der Waals surface area contributed by atoms with E-state index in [-0.39, 0.29) is 23.3 Å². The second-order valence-electron chi connectivity index (χ2n) is 6.58. The lowest BCUT2D eigenvalue weighted by Gasteiger charge is -2.17. The van der Waals surface area contributed by atoms with Gasteiger partial charge in [-0.15, -0.1) is 0 Å². The summed E-state index contributed by atoms with van der Waals surface area (Å²) < 4.78 is 29.2. The fourth-order valence-electron chi connectivity index (χ4n) is 1.55. The quantitative estimate of drug-likeness (QED) is 0.449. The highest BCUT2D eigenvalue weighted by Crippen LogP contribution is 2.18. The van der Waals surface area contributed by atoms with E-state index in [0.717, 1.165) is 5.56 Å². The van der Waals surface area contributed by atoms with Crippen LogP contribution >= 0.6 is 15.9 Å². The van der Waals surface area contributed by atoms with Gasteiger partial charge in [-0.1, -0.05) is 39.9 Å². The van der Waals surface area contributed by atoms with E-state index in [9.17, 15) is 13.5 Å².